The van der Waals surface area contributed by atoms with Crippen LogP contribution < -0.4 is 4.74 Å². The average molecular weight is 279 g/mol. The van der Waals surface area contributed by atoms with Gasteiger partial charge in [-0.1, -0.05) is 36.1 Å². The number of ether oxygens (including phenoxy) is 1. The molecule has 0 N–H and O–H groups in total. The molecule has 1 aromatic rings. The second kappa shape index (κ2) is 5.54. The number of rotatable bonds is 3. The van der Waals surface area contributed by atoms with Crippen LogP contribution in [0, 0.1) is 0 Å². The number of nitrogens with zero attached hydrogens (tertiary/aromatic N) is 1. The lowest BCUT2D eigenvalue weighted by Crippen LogP contribution is -2.22. The van der Waals surface area contributed by atoms with Crippen LogP contribution in [-0.2, 0) is 4.79 Å². The van der Waals surface area contributed by atoms with Gasteiger partial charge in [-0.2, -0.15) is 0 Å². The maximum Gasteiger partial charge on any atom is 0.265 e. The molecule has 0 spiro atoms. The van der Waals surface area contributed by atoms with Gasteiger partial charge < -0.3 is 4.74 Å². The summed E-state index contributed by atoms with van der Waals surface area (Å²) in [4.78, 5) is 14.0. The molecule has 1 aromatic carbocycles. The van der Waals surface area contributed by atoms with Crippen molar-refractivity contribution in [1.82, 2.24) is 4.90 Å². The van der Waals surface area contributed by atoms with E-state index in [1.165, 1.54) is 16.7 Å². The number of benzene rings is 1. The predicted octanol–water partition coefficient (Wildman–Crippen LogP) is 2.92. The topological polar surface area (TPSA) is 29.5 Å². The molecule has 1 amide bonds. The number of carbonyl (C=O) groups excluding carboxylic acids is 1. The van der Waals surface area contributed by atoms with Crippen LogP contribution in [0.5, 0.6) is 5.75 Å². The van der Waals surface area contributed by atoms with E-state index >= 15 is 0 Å². The number of carbonyl (C=O) groups is 1. The van der Waals surface area contributed by atoms with E-state index in [2.05, 4.69) is 0 Å². The summed E-state index contributed by atoms with van der Waals surface area (Å²) in [5.41, 5.74) is 0.940. The molecule has 1 saturated heterocycles. The van der Waals surface area contributed by atoms with Gasteiger partial charge in [-0.3, -0.25) is 9.69 Å². The van der Waals surface area contributed by atoms with Crippen molar-refractivity contribution in [2.24, 2.45) is 0 Å². The van der Waals surface area contributed by atoms with Gasteiger partial charge >= 0.3 is 0 Å². The van der Waals surface area contributed by atoms with Gasteiger partial charge in [-0.25, -0.2) is 0 Å². The maximum atomic E-state index is 11.8. The number of likely N-dealkylation sites (N-methyl/N-ethyl adjacent to an activating group) is 1. The highest BCUT2D eigenvalue weighted by Gasteiger charge is 2.28. The summed E-state index contributed by atoms with van der Waals surface area (Å²) >= 11 is 6.41. The Labute approximate surface area is 116 Å². The minimum Gasteiger partial charge on any atom is -0.494 e. The van der Waals surface area contributed by atoms with E-state index in [4.69, 9.17) is 17.0 Å². The molecule has 0 aliphatic carbocycles. The summed E-state index contributed by atoms with van der Waals surface area (Å²) in [6.07, 6.45) is 1.84. The number of thiocarbonyl (C=S) groups is 1. The SMILES string of the molecule is CCOc1cccc(/C=C2/SC(=S)N(C)C2=O)c1. The normalized spacial score (nSPS) is 17.7. The minimum absolute atomic E-state index is 0.0492. The molecule has 18 heavy (non-hydrogen) atoms. The van der Waals surface area contributed by atoms with Gasteiger partial charge in [-0.15, -0.1) is 0 Å². The fraction of sp³-hybridized carbons (Fsp3) is 0.231. The second-order valence-corrected chi connectivity index (χ2v) is 5.42. The third-order valence-corrected chi connectivity index (χ3v) is 3.94. The summed E-state index contributed by atoms with van der Waals surface area (Å²) < 4.78 is 6.01. The van der Waals surface area contributed by atoms with E-state index in [9.17, 15) is 4.79 Å². The van der Waals surface area contributed by atoms with Crippen LogP contribution in [0.1, 0.15) is 12.5 Å². The van der Waals surface area contributed by atoms with Gasteiger partial charge in [0.1, 0.15) is 10.1 Å². The van der Waals surface area contributed by atoms with Crippen molar-refractivity contribution in [1.29, 1.82) is 0 Å². The Balaban J connectivity index is 2.25. The fourth-order valence-corrected chi connectivity index (χ4v) is 2.74. The molecule has 1 aliphatic heterocycles. The first-order valence-electron chi connectivity index (χ1n) is 5.56. The Kier molecular flexibility index (Phi) is 4.04. The van der Waals surface area contributed by atoms with Crippen LogP contribution >= 0.6 is 24.0 Å². The smallest absolute Gasteiger partial charge is 0.265 e. The van der Waals surface area contributed by atoms with E-state index in [1.54, 1.807) is 7.05 Å². The third kappa shape index (κ3) is 2.73. The molecule has 0 aromatic heterocycles. The van der Waals surface area contributed by atoms with Gasteiger partial charge in [-0.05, 0) is 30.7 Å². The van der Waals surface area contributed by atoms with Crippen LogP contribution in [0.15, 0.2) is 29.2 Å². The first kappa shape index (κ1) is 13.1. The third-order valence-electron chi connectivity index (χ3n) is 2.45. The van der Waals surface area contributed by atoms with E-state index in [0.29, 0.717) is 15.8 Å². The van der Waals surface area contributed by atoms with E-state index in [0.717, 1.165) is 11.3 Å². The van der Waals surface area contributed by atoms with E-state index in [1.807, 2.05) is 37.3 Å². The molecule has 0 unspecified atom stereocenters. The summed E-state index contributed by atoms with van der Waals surface area (Å²) in [6.45, 7) is 2.56. The Morgan fingerprint density at radius 1 is 1.50 bits per heavy atom. The van der Waals surface area contributed by atoms with Crippen molar-refractivity contribution in [2.45, 2.75) is 6.92 Å². The van der Waals surface area contributed by atoms with Gasteiger partial charge in [0.25, 0.3) is 5.91 Å². The molecule has 0 atom stereocenters. The molecular weight excluding hydrogens is 266 g/mol. The van der Waals surface area contributed by atoms with Gasteiger partial charge in [0.05, 0.1) is 11.5 Å². The first-order chi connectivity index (χ1) is 8.61. The van der Waals surface area contributed by atoms with E-state index < -0.39 is 0 Å². The predicted molar refractivity (Wildman–Crippen MR) is 78.5 cm³/mol. The molecule has 0 radical (unpaired) electrons. The lowest BCUT2D eigenvalue weighted by molar-refractivity contribution is -0.121. The summed E-state index contributed by atoms with van der Waals surface area (Å²) in [7, 11) is 1.69. The van der Waals surface area contributed by atoms with Crippen LogP contribution in [0.25, 0.3) is 6.08 Å². The Morgan fingerprint density at radius 3 is 2.89 bits per heavy atom. The number of hydrogen-bond acceptors (Lipinski definition) is 4. The zero-order valence-corrected chi connectivity index (χ0v) is 11.8. The largest absolute Gasteiger partial charge is 0.494 e. The molecule has 3 nitrogen and oxygen atoms in total. The van der Waals surface area contributed by atoms with Crippen LogP contribution in [0.2, 0.25) is 0 Å². The van der Waals surface area contributed by atoms with Crippen LogP contribution in [-0.4, -0.2) is 28.8 Å². The summed E-state index contributed by atoms with van der Waals surface area (Å²) in [5, 5.41) is 0. The minimum atomic E-state index is -0.0492. The van der Waals surface area contributed by atoms with Gasteiger partial charge in [0, 0.05) is 7.05 Å². The zero-order chi connectivity index (χ0) is 13.1. The molecule has 94 valence electrons. The van der Waals surface area contributed by atoms with Gasteiger partial charge in [0.15, 0.2) is 0 Å². The van der Waals surface area contributed by atoms with Crippen molar-refractivity contribution < 1.29 is 9.53 Å². The molecule has 5 heteroatoms. The first-order valence-corrected chi connectivity index (χ1v) is 6.78. The molecule has 1 aliphatic rings. The summed E-state index contributed by atoms with van der Waals surface area (Å²) in [5.74, 6) is 0.755. The molecule has 1 heterocycles. The monoisotopic (exact) mass is 279 g/mol. The second-order valence-electron chi connectivity index (χ2n) is 3.75. The fourth-order valence-electron chi connectivity index (χ4n) is 1.56. The summed E-state index contributed by atoms with van der Waals surface area (Å²) in [6, 6.07) is 7.64. The Hall–Kier alpha value is -1.33. The molecule has 0 bridgehead atoms. The van der Waals surface area contributed by atoms with Gasteiger partial charge in [0.2, 0.25) is 0 Å². The molecular formula is C13H13NO2S2. The van der Waals surface area contributed by atoms with Crippen molar-refractivity contribution in [2.75, 3.05) is 13.7 Å². The molecule has 1 fully saturated rings. The standard InChI is InChI=1S/C13H13NO2S2/c1-3-16-10-6-4-5-9(7-10)8-11-12(15)14(2)13(17)18-11/h4-8H,3H2,1-2H3/b11-8+. The van der Waals surface area contributed by atoms with Crippen molar-refractivity contribution in [3.05, 3.63) is 34.7 Å². The Morgan fingerprint density at radius 2 is 2.28 bits per heavy atom. The van der Waals surface area contributed by atoms with Crippen molar-refractivity contribution in [3.8, 4) is 5.75 Å². The highest BCUT2D eigenvalue weighted by molar-refractivity contribution is 8.26. The lowest BCUT2D eigenvalue weighted by atomic mass is 10.2. The number of amides is 1. The highest BCUT2D eigenvalue weighted by Crippen LogP contribution is 2.31. The lowest BCUT2D eigenvalue weighted by Gasteiger charge is -2.04. The van der Waals surface area contributed by atoms with Crippen molar-refractivity contribution in [3.63, 3.8) is 0 Å². The molecule has 0 saturated carbocycles. The average Bonchev–Trinajstić information content (AvgIpc) is 2.58. The van der Waals surface area contributed by atoms with E-state index in [-0.39, 0.29) is 5.91 Å². The maximum absolute atomic E-state index is 11.8. The molecule has 2 rings (SSSR count). The number of hydrogen-bond donors (Lipinski definition) is 0. The Bertz CT molecular complexity index is 525. The highest BCUT2D eigenvalue weighted by atomic mass is 32.2. The zero-order valence-electron chi connectivity index (χ0n) is 10.2. The quantitative estimate of drug-likeness (QED) is 0.628. The van der Waals surface area contributed by atoms with Crippen molar-refractivity contribution >= 4 is 40.3 Å². The number of thioether (sulfide) groups is 1. The van der Waals surface area contributed by atoms with Crippen LogP contribution in [0.4, 0.5) is 0 Å². The van der Waals surface area contributed by atoms with Crippen LogP contribution in [0.3, 0.4) is 0 Å².